The molecule has 0 bridgehead atoms. The molecule has 1 amide bonds. The number of halogens is 3. The number of rotatable bonds is 2. The smallest absolute Gasteiger partial charge is 0.257 e. The van der Waals surface area contributed by atoms with Crippen molar-refractivity contribution in [3.05, 3.63) is 33.8 Å². The predicted molar refractivity (Wildman–Crippen MR) is 75.9 cm³/mol. The Balaban J connectivity index is 2.20. The minimum Gasteiger partial charge on any atom is -0.374 e. The van der Waals surface area contributed by atoms with Crippen molar-refractivity contribution in [2.75, 3.05) is 25.0 Å². The first-order chi connectivity index (χ1) is 8.63. The Bertz CT molecular complexity index is 435. The molecule has 1 aliphatic rings. The zero-order chi connectivity index (χ0) is 13.1. The molecule has 1 aliphatic heterocycles. The fourth-order valence-electron chi connectivity index (χ4n) is 1.86. The largest absolute Gasteiger partial charge is 0.374 e. The number of hydrogen-bond acceptors (Lipinski definition) is 2. The van der Waals surface area contributed by atoms with Gasteiger partial charge in [0, 0.05) is 18.4 Å². The van der Waals surface area contributed by atoms with E-state index in [-0.39, 0.29) is 12.0 Å². The lowest BCUT2D eigenvalue weighted by Gasteiger charge is -2.32. The molecule has 1 aromatic rings. The van der Waals surface area contributed by atoms with Crippen molar-refractivity contribution < 1.29 is 9.53 Å². The van der Waals surface area contributed by atoms with Gasteiger partial charge in [-0.1, -0.05) is 45.2 Å². The maximum Gasteiger partial charge on any atom is 0.257 e. The van der Waals surface area contributed by atoms with E-state index in [1.807, 2.05) is 0 Å². The van der Waals surface area contributed by atoms with E-state index in [0.29, 0.717) is 40.6 Å². The molecule has 6 heteroatoms. The molecule has 0 N–H and O–H groups in total. The number of carbonyl (C=O) groups excluding carboxylic acids is 1. The third-order valence-electron chi connectivity index (χ3n) is 2.77. The second-order valence-corrected chi connectivity index (χ2v) is 5.46. The molecule has 1 fully saturated rings. The second kappa shape index (κ2) is 6.24. The van der Waals surface area contributed by atoms with Crippen LogP contribution in [0.4, 0.5) is 0 Å². The van der Waals surface area contributed by atoms with Gasteiger partial charge in [-0.25, -0.2) is 0 Å². The van der Waals surface area contributed by atoms with Crippen LogP contribution in [-0.4, -0.2) is 41.9 Å². The molecule has 98 valence electrons. The van der Waals surface area contributed by atoms with E-state index in [2.05, 4.69) is 15.9 Å². The molecule has 1 saturated heterocycles. The minimum atomic E-state index is -0.139. The van der Waals surface area contributed by atoms with Crippen LogP contribution in [0.2, 0.25) is 10.0 Å². The quantitative estimate of drug-likeness (QED) is 0.765. The maximum atomic E-state index is 12.4. The Morgan fingerprint density at radius 2 is 2.11 bits per heavy atom. The van der Waals surface area contributed by atoms with Crippen LogP contribution >= 0.6 is 39.1 Å². The van der Waals surface area contributed by atoms with Gasteiger partial charge >= 0.3 is 0 Å². The summed E-state index contributed by atoms with van der Waals surface area (Å²) < 4.78 is 5.50. The first-order valence-electron chi connectivity index (χ1n) is 5.54. The van der Waals surface area contributed by atoms with Crippen molar-refractivity contribution in [3.63, 3.8) is 0 Å². The van der Waals surface area contributed by atoms with E-state index >= 15 is 0 Å². The average Bonchev–Trinajstić information content (AvgIpc) is 2.38. The van der Waals surface area contributed by atoms with Gasteiger partial charge in [-0.15, -0.1) is 0 Å². The van der Waals surface area contributed by atoms with Gasteiger partial charge in [0.1, 0.15) is 0 Å². The van der Waals surface area contributed by atoms with Gasteiger partial charge in [0.15, 0.2) is 0 Å². The minimum absolute atomic E-state index is 0.0176. The summed E-state index contributed by atoms with van der Waals surface area (Å²) in [6, 6.07) is 5.06. The fraction of sp³-hybridized carbons (Fsp3) is 0.417. The van der Waals surface area contributed by atoms with E-state index in [1.165, 1.54) is 0 Å². The van der Waals surface area contributed by atoms with E-state index in [9.17, 15) is 4.79 Å². The van der Waals surface area contributed by atoms with Crippen molar-refractivity contribution in [2.45, 2.75) is 6.10 Å². The molecule has 0 aliphatic carbocycles. The highest BCUT2D eigenvalue weighted by molar-refractivity contribution is 9.09. The van der Waals surface area contributed by atoms with Crippen molar-refractivity contribution in [1.29, 1.82) is 0 Å². The zero-order valence-corrected chi connectivity index (χ0v) is 12.6. The predicted octanol–water partition coefficient (Wildman–Crippen LogP) is 3.23. The Kier molecular flexibility index (Phi) is 4.90. The Hall–Kier alpha value is -0.290. The molecule has 0 spiro atoms. The number of ether oxygens (including phenoxy) is 1. The molecule has 0 radical (unpaired) electrons. The van der Waals surface area contributed by atoms with Crippen LogP contribution in [-0.2, 0) is 4.74 Å². The van der Waals surface area contributed by atoms with E-state index < -0.39 is 0 Å². The molecular formula is C12H12BrCl2NO2. The number of nitrogens with zero attached hydrogens (tertiary/aromatic N) is 1. The van der Waals surface area contributed by atoms with Crippen molar-refractivity contribution in [3.8, 4) is 0 Å². The maximum absolute atomic E-state index is 12.4. The molecule has 1 heterocycles. The molecule has 1 unspecified atom stereocenters. The lowest BCUT2D eigenvalue weighted by Crippen LogP contribution is -2.46. The van der Waals surface area contributed by atoms with Crippen LogP contribution in [0.25, 0.3) is 0 Å². The van der Waals surface area contributed by atoms with Gasteiger partial charge < -0.3 is 9.64 Å². The third kappa shape index (κ3) is 2.99. The van der Waals surface area contributed by atoms with Crippen LogP contribution in [0.5, 0.6) is 0 Å². The van der Waals surface area contributed by atoms with Gasteiger partial charge in [0.2, 0.25) is 0 Å². The normalized spacial score (nSPS) is 19.9. The van der Waals surface area contributed by atoms with Gasteiger partial charge in [-0.2, -0.15) is 0 Å². The SMILES string of the molecule is O=C(c1c(Cl)cccc1Cl)N1CCOC(CBr)C1. The topological polar surface area (TPSA) is 29.5 Å². The van der Waals surface area contributed by atoms with Crippen LogP contribution < -0.4 is 0 Å². The zero-order valence-electron chi connectivity index (χ0n) is 9.54. The van der Waals surface area contributed by atoms with Gasteiger partial charge in [-0.05, 0) is 12.1 Å². The van der Waals surface area contributed by atoms with E-state index in [0.717, 1.165) is 0 Å². The van der Waals surface area contributed by atoms with Gasteiger partial charge in [0.05, 0.1) is 28.3 Å². The van der Waals surface area contributed by atoms with E-state index in [1.54, 1.807) is 23.1 Å². The van der Waals surface area contributed by atoms with Gasteiger partial charge in [0.25, 0.3) is 5.91 Å². The van der Waals surface area contributed by atoms with Crippen molar-refractivity contribution >= 4 is 45.0 Å². The average molecular weight is 353 g/mol. The van der Waals surface area contributed by atoms with Crippen LogP contribution in [0.15, 0.2) is 18.2 Å². The summed E-state index contributed by atoms with van der Waals surface area (Å²) in [5.74, 6) is -0.139. The van der Waals surface area contributed by atoms with Gasteiger partial charge in [-0.3, -0.25) is 4.79 Å². The number of hydrogen-bond donors (Lipinski definition) is 0. The first kappa shape index (κ1) is 14.1. The number of carbonyl (C=O) groups is 1. The number of morpholine rings is 1. The molecule has 0 saturated carbocycles. The summed E-state index contributed by atoms with van der Waals surface area (Å²) in [5.41, 5.74) is 0.371. The highest BCUT2D eigenvalue weighted by atomic mass is 79.9. The number of alkyl halides is 1. The fourth-order valence-corrected chi connectivity index (χ4v) is 2.81. The summed E-state index contributed by atoms with van der Waals surface area (Å²) in [4.78, 5) is 14.1. The van der Waals surface area contributed by atoms with Crippen molar-refractivity contribution in [1.82, 2.24) is 4.90 Å². The Morgan fingerprint density at radius 3 is 2.72 bits per heavy atom. The highest BCUT2D eigenvalue weighted by Gasteiger charge is 2.26. The second-order valence-electron chi connectivity index (χ2n) is 3.99. The van der Waals surface area contributed by atoms with Crippen LogP contribution in [0.3, 0.4) is 0 Å². The first-order valence-corrected chi connectivity index (χ1v) is 7.42. The standard InChI is InChI=1S/C12H12BrCl2NO2/c13-6-8-7-16(4-5-18-8)12(17)11-9(14)2-1-3-10(11)15/h1-3,8H,4-7H2. The summed E-state index contributed by atoms with van der Waals surface area (Å²) in [7, 11) is 0. The summed E-state index contributed by atoms with van der Waals surface area (Å²) in [6.07, 6.45) is 0.0176. The lowest BCUT2D eigenvalue weighted by molar-refractivity contribution is -0.00963. The molecule has 0 aromatic heterocycles. The van der Waals surface area contributed by atoms with E-state index in [4.69, 9.17) is 27.9 Å². The van der Waals surface area contributed by atoms with Crippen LogP contribution in [0, 0.1) is 0 Å². The molecule has 18 heavy (non-hydrogen) atoms. The number of benzene rings is 1. The monoisotopic (exact) mass is 351 g/mol. The number of amides is 1. The molecule has 2 rings (SSSR count). The lowest BCUT2D eigenvalue weighted by atomic mass is 10.1. The summed E-state index contributed by atoms with van der Waals surface area (Å²) in [6.45, 7) is 1.64. The molecule has 3 nitrogen and oxygen atoms in total. The molecule has 1 atom stereocenters. The Morgan fingerprint density at radius 1 is 1.44 bits per heavy atom. The third-order valence-corrected chi connectivity index (χ3v) is 4.13. The molecule has 1 aromatic carbocycles. The van der Waals surface area contributed by atoms with Crippen molar-refractivity contribution in [2.24, 2.45) is 0 Å². The summed E-state index contributed by atoms with van der Waals surface area (Å²) >= 11 is 15.4. The highest BCUT2D eigenvalue weighted by Crippen LogP contribution is 2.26. The Labute approximate surface area is 124 Å². The van der Waals surface area contributed by atoms with Crippen LogP contribution in [0.1, 0.15) is 10.4 Å². The molecular weight excluding hydrogens is 341 g/mol. The summed E-state index contributed by atoms with van der Waals surface area (Å²) in [5, 5.41) is 1.47.